The second-order valence-corrected chi connectivity index (χ2v) is 4.53. The molecule has 0 radical (unpaired) electrons. The number of aliphatic hydroxyl groups is 1. The summed E-state index contributed by atoms with van der Waals surface area (Å²) < 4.78 is 11.6. The maximum atomic E-state index is 9.79. The van der Waals surface area contributed by atoms with Gasteiger partial charge in [0, 0.05) is 12.8 Å². The third kappa shape index (κ3) is 2.41. The lowest BCUT2D eigenvalue weighted by molar-refractivity contribution is -0.195. The minimum Gasteiger partial charge on any atom is -0.390 e. The summed E-state index contributed by atoms with van der Waals surface area (Å²) in [6.07, 6.45) is 7.23. The van der Waals surface area contributed by atoms with Gasteiger partial charge in [-0.15, -0.1) is 6.58 Å². The Bertz CT molecular complexity index is 221. The maximum absolute atomic E-state index is 9.79. The highest BCUT2D eigenvalue weighted by Crippen LogP contribution is 2.38. The van der Waals surface area contributed by atoms with E-state index in [2.05, 4.69) is 6.58 Å². The topological polar surface area (TPSA) is 38.7 Å². The van der Waals surface area contributed by atoms with Crippen molar-refractivity contribution in [1.29, 1.82) is 0 Å². The summed E-state index contributed by atoms with van der Waals surface area (Å²) in [5, 5.41) is 9.79. The smallest absolute Gasteiger partial charge is 0.169 e. The molecule has 2 rings (SSSR count). The zero-order chi connectivity index (χ0) is 10.7. The first-order valence-electron chi connectivity index (χ1n) is 5.86. The highest BCUT2D eigenvalue weighted by molar-refractivity contribution is 4.87. The van der Waals surface area contributed by atoms with Crippen molar-refractivity contribution < 1.29 is 14.6 Å². The van der Waals surface area contributed by atoms with E-state index in [0.29, 0.717) is 13.0 Å². The third-order valence-corrected chi connectivity index (χ3v) is 3.33. The van der Waals surface area contributed by atoms with E-state index in [4.69, 9.17) is 9.47 Å². The molecule has 3 nitrogen and oxygen atoms in total. The molecule has 1 saturated heterocycles. The van der Waals surface area contributed by atoms with Gasteiger partial charge in [-0.3, -0.25) is 0 Å². The average Bonchev–Trinajstić information content (AvgIpc) is 2.64. The standard InChI is InChI=1S/C12H20O3/c1-2-6-10(13)11-9-14-12(15-11)7-4-3-5-8-12/h2,10-11,13H,1,3-9H2/t10-,11-/m1/s1. The van der Waals surface area contributed by atoms with E-state index in [1.807, 2.05) is 0 Å². The molecular weight excluding hydrogens is 192 g/mol. The third-order valence-electron chi connectivity index (χ3n) is 3.33. The first-order valence-corrected chi connectivity index (χ1v) is 5.86. The fourth-order valence-corrected chi connectivity index (χ4v) is 2.44. The molecule has 3 heteroatoms. The predicted molar refractivity (Wildman–Crippen MR) is 57.5 cm³/mol. The van der Waals surface area contributed by atoms with Crippen LogP contribution in [0.1, 0.15) is 38.5 Å². The molecular formula is C12H20O3. The summed E-state index contributed by atoms with van der Waals surface area (Å²) in [6.45, 7) is 4.14. The Kier molecular flexibility index (Phi) is 3.44. The van der Waals surface area contributed by atoms with Crippen LogP contribution in [0, 0.1) is 0 Å². The molecule has 1 heterocycles. The highest BCUT2D eigenvalue weighted by atomic mass is 16.7. The summed E-state index contributed by atoms with van der Waals surface area (Å²) in [5.41, 5.74) is 0. The van der Waals surface area contributed by atoms with Crippen molar-refractivity contribution in [3.05, 3.63) is 12.7 Å². The molecule has 0 aromatic heterocycles. The van der Waals surface area contributed by atoms with Crippen LogP contribution >= 0.6 is 0 Å². The lowest BCUT2D eigenvalue weighted by Crippen LogP contribution is -2.35. The monoisotopic (exact) mass is 212 g/mol. The largest absolute Gasteiger partial charge is 0.390 e. The summed E-state index contributed by atoms with van der Waals surface area (Å²) in [6, 6.07) is 0. The quantitative estimate of drug-likeness (QED) is 0.727. The molecule has 0 bridgehead atoms. The molecule has 1 aliphatic heterocycles. The van der Waals surface area contributed by atoms with Gasteiger partial charge in [0.2, 0.25) is 0 Å². The Balaban J connectivity index is 1.90. The minimum atomic E-state index is -0.469. The number of hydrogen-bond acceptors (Lipinski definition) is 3. The first kappa shape index (κ1) is 11.1. The van der Waals surface area contributed by atoms with E-state index in [1.165, 1.54) is 19.3 Å². The van der Waals surface area contributed by atoms with Crippen LogP contribution < -0.4 is 0 Å². The normalized spacial score (nSPS) is 31.7. The molecule has 2 aliphatic rings. The van der Waals surface area contributed by atoms with Gasteiger partial charge in [-0.1, -0.05) is 12.5 Å². The molecule has 0 unspecified atom stereocenters. The van der Waals surface area contributed by atoms with Crippen LogP contribution in [0.15, 0.2) is 12.7 Å². The molecule has 0 amide bonds. The maximum Gasteiger partial charge on any atom is 0.169 e. The zero-order valence-corrected chi connectivity index (χ0v) is 9.15. The van der Waals surface area contributed by atoms with Crippen molar-refractivity contribution >= 4 is 0 Å². The molecule has 1 N–H and O–H groups in total. The first-order chi connectivity index (χ1) is 7.26. The van der Waals surface area contributed by atoms with Crippen molar-refractivity contribution in [2.24, 2.45) is 0 Å². The van der Waals surface area contributed by atoms with Gasteiger partial charge in [-0.05, 0) is 19.3 Å². The molecule has 2 atom stereocenters. The van der Waals surface area contributed by atoms with Crippen LogP contribution in [0.5, 0.6) is 0 Å². The van der Waals surface area contributed by atoms with Crippen LogP contribution in [0.2, 0.25) is 0 Å². The van der Waals surface area contributed by atoms with E-state index in [-0.39, 0.29) is 11.9 Å². The molecule has 0 aromatic carbocycles. The summed E-state index contributed by atoms with van der Waals surface area (Å²) >= 11 is 0. The minimum absolute atomic E-state index is 0.166. The van der Waals surface area contributed by atoms with Crippen LogP contribution in [0.25, 0.3) is 0 Å². The summed E-state index contributed by atoms with van der Waals surface area (Å²) in [4.78, 5) is 0. The Morgan fingerprint density at radius 2 is 2.13 bits per heavy atom. The second kappa shape index (κ2) is 4.64. The van der Waals surface area contributed by atoms with Crippen LogP contribution in [0.3, 0.4) is 0 Å². The summed E-state index contributed by atoms with van der Waals surface area (Å²) in [5.74, 6) is -0.370. The van der Waals surface area contributed by atoms with E-state index < -0.39 is 6.10 Å². The molecule has 0 aromatic rings. The average molecular weight is 212 g/mol. The van der Waals surface area contributed by atoms with Gasteiger partial charge in [0.25, 0.3) is 0 Å². The molecule has 15 heavy (non-hydrogen) atoms. The molecule has 1 saturated carbocycles. The van der Waals surface area contributed by atoms with E-state index in [9.17, 15) is 5.11 Å². The Morgan fingerprint density at radius 1 is 1.40 bits per heavy atom. The van der Waals surface area contributed by atoms with Gasteiger partial charge in [0.1, 0.15) is 6.10 Å². The van der Waals surface area contributed by atoms with Crippen molar-refractivity contribution in [2.45, 2.75) is 56.5 Å². The Hall–Kier alpha value is -0.380. The lowest BCUT2D eigenvalue weighted by Gasteiger charge is -2.32. The molecule has 1 spiro atoms. The van der Waals surface area contributed by atoms with Crippen molar-refractivity contribution in [3.8, 4) is 0 Å². The van der Waals surface area contributed by atoms with Crippen LogP contribution in [-0.4, -0.2) is 29.7 Å². The van der Waals surface area contributed by atoms with Gasteiger partial charge in [0.15, 0.2) is 5.79 Å². The van der Waals surface area contributed by atoms with Gasteiger partial charge in [0.05, 0.1) is 12.7 Å². The van der Waals surface area contributed by atoms with Gasteiger partial charge >= 0.3 is 0 Å². The van der Waals surface area contributed by atoms with Gasteiger partial charge < -0.3 is 14.6 Å². The van der Waals surface area contributed by atoms with Crippen LogP contribution in [0.4, 0.5) is 0 Å². The highest BCUT2D eigenvalue weighted by Gasteiger charge is 2.44. The SMILES string of the molecule is C=CC[C@@H](O)[C@H]1COC2(CCCCC2)O1. The van der Waals surface area contributed by atoms with E-state index >= 15 is 0 Å². The molecule has 1 aliphatic carbocycles. The zero-order valence-electron chi connectivity index (χ0n) is 9.15. The number of aliphatic hydroxyl groups excluding tert-OH is 1. The van der Waals surface area contributed by atoms with E-state index in [0.717, 1.165) is 12.8 Å². The number of rotatable bonds is 3. The lowest BCUT2D eigenvalue weighted by atomic mass is 9.94. The number of ether oxygens (including phenoxy) is 2. The van der Waals surface area contributed by atoms with Gasteiger partial charge in [-0.2, -0.15) is 0 Å². The Morgan fingerprint density at radius 3 is 2.80 bits per heavy atom. The summed E-state index contributed by atoms with van der Waals surface area (Å²) in [7, 11) is 0. The second-order valence-electron chi connectivity index (χ2n) is 4.53. The van der Waals surface area contributed by atoms with Gasteiger partial charge in [-0.25, -0.2) is 0 Å². The van der Waals surface area contributed by atoms with Crippen LogP contribution in [-0.2, 0) is 9.47 Å². The molecule has 86 valence electrons. The van der Waals surface area contributed by atoms with Crippen molar-refractivity contribution in [1.82, 2.24) is 0 Å². The van der Waals surface area contributed by atoms with Crippen molar-refractivity contribution in [3.63, 3.8) is 0 Å². The Labute approximate surface area is 91.1 Å². The number of hydrogen-bond donors (Lipinski definition) is 1. The van der Waals surface area contributed by atoms with Crippen molar-refractivity contribution in [2.75, 3.05) is 6.61 Å². The predicted octanol–water partition coefficient (Wildman–Crippen LogP) is 2.00. The fourth-order valence-electron chi connectivity index (χ4n) is 2.44. The molecule has 2 fully saturated rings. The fraction of sp³-hybridized carbons (Fsp3) is 0.833. The van der Waals surface area contributed by atoms with E-state index in [1.54, 1.807) is 6.08 Å².